The molecule has 0 unspecified atom stereocenters. The summed E-state index contributed by atoms with van der Waals surface area (Å²) in [4.78, 5) is 16.5. The molecule has 4 heteroatoms. The minimum absolute atomic E-state index is 0.365. The summed E-state index contributed by atoms with van der Waals surface area (Å²) < 4.78 is 0. The first kappa shape index (κ1) is 10.8. The summed E-state index contributed by atoms with van der Waals surface area (Å²) in [6.45, 7) is 3.51. The van der Waals surface area contributed by atoms with E-state index >= 15 is 0 Å². The Bertz CT molecular complexity index is 259. The van der Waals surface area contributed by atoms with Crippen LogP contribution < -0.4 is 0 Å². The molecule has 0 aliphatic carbocycles. The summed E-state index contributed by atoms with van der Waals surface area (Å²) in [6, 6.07) is 0. The number of aliphatic carboxylic acids is 1. The molecule has 1 aliphatic rings. The van der Waals surface area contributed by atoms with Gasteiger partial charge in [-0.05, 0) is 6.42 Å². The Labute approximate surface area is 83.9 Å². The van der Waals surface area contributed by atoms with Gasteiger partial charge in [0.15, 0.2) is 0 Å². The van der Waals surface area contributed by atoms with Crippen LogP contribution in [0, 0.1) is 0 Å². The number of hydrogen-bond acceptors (Lipinski definition) is 3. The first-order chi connectivity index (χ1) is 6.74. The average molecular weight is 196 g/mol. The summed E-state index contributed by atoms with van der Waals surface area (Å²) >= 11 is 0. The number of carbonyl (C=O) groups is 1. The van der Waals surface area contributed by atoms with Gasteiger partial charge in [-0.3, -0.25) is 0 Å². The van der Waals surface area contributed by atoms with Crippen LogP contribution in [-0.2, 0) is 4.79 Å². The van der Waals surface area contributed by atoms with Crippen molar-refractivity contribution in [2.45, 2.75) is 26.2 Å². The zero-order chi connectivity index (χ0) is 10.4. The highest BCUT2D eigenvalue weighted by atomic mass is 16.4. The Kier molecular flexibility index (Phi) is 4.16. The van der Waals surface area contributed by atoms with E-state index in [0.29, 0.717) is 12.1 Å². The number of carboxylic acid groups (broad SMARTS) is 1. The van der Waals surface area contributed by atoms with Crippen LogP contribution in [0.2, 0.25) is 0 Å². The van der Waals surface area contributed by atoms with E-state index in [1.54, 1.807) is 6.34 Å². The fraction of sp³-hybridized carbons (Fsp3) is 0.600. The Hall–Kier alpha value is -1.32. The zero-order valence-corrected chi connectivity index (χ0v) is 8.44. The van der Waals surface area contributed by atoms with E-state index < -0.39 is 5.97 Å². The monoisotopic (exact) mass is 196 g/mol. The molecule has 4 nitrogen and oxygen atoms in total. The Balaban J connectivity index is 2.35. The van der Waals surface area contributed by atoms with E-state index in [4.69, 9.17) is 5.11 Å². The molecule has 0 radical (unpaired) electrons. The molecule has 0 bridgehead atoms. The molecule has 0 saturated carbocycles. The number of rotatable bonds is 5. The lowest BCUT2D eigenvalue weighted by Crippen LogP contribution is -2.29. The maximum Gasteiger partial charge on any atom is 0.334 e. The minimum atomic E-state index is -0.873. The van der Waals surface area contributed by atoms with Crippen LogP contribution in [0.3, 0.4) is 0 Å². The highest BCUT2D eigenvalue weighted by Gasteiger charge is 2.13. The second-order valence-electron chi connectivity index (χ2n) is 3.40. The SMILES string of the molecule is CCCCCN1C=NC=C(C(=O)O)C1. The predicted molar refractivity (Wildman–Crippen MR) is 55.3 cm³/mol. The van der Waals surface area contributed by atoms with Gasteiger partial charge < -0.3 is 10.0 Å². The molecule has 0 aromatic carbocycles. The van der Waals surface area contributed by atoms with Crippen molar-refractivity contribution < 1.29 is 9.90 Å². The van der Waals surface area contributed by atoms with Crippen molar-refractivity contribution in [2.24, 2.45) is 4.99 Å². The molecular weight excluding hydrogens is 180 g/mol. The summed E-state index contributed by atoms with van der Waals surface area (Å²) in [7, 11) is 0. The molecule has 1 rings (SSSR count). The lowest BCUT2D eigenvalue weighted by Gasteiger charge is -2.21. The first-order valence-electron chi connectivity index (χ1n) is 4.93. The predicted octanol–water partition coefficient (Wildman–Crippen LogP) is 1.49. The van der Waals surface area contributed by atoms with Crippen LogP contribution in [0.25, 0.3) is 0 Å². The Morgan fingerprint density at radius 1 is 1.64 bits per heavy atom. The van der Waals surface area contributed by atoms with Gasteiger partial charge >= 0.3 is 5.97 Å². The fourth-order valence-corrected chi connectivity index (χ4v) is 1.34. The van der Waals surface area contributed by atoms with Crippen LogP contribution in [0.15, 0.2) is 16.8 Å². The third-order valence-electron chi connectivity index (χ3n) is 2.16. The third-order valence-corrected chi connectivity index (χ3v) is 2.16. The second-order valence-corrected chi connectivity index (χ2v) is 3.40. The van der Waals surface area contributed by atoms with Gasteiger partial charge in [-0.2, -0.15) is 0 Å². The molecule has 0 saturated heterocycles. The van der Waals surface area contributed by atoms with Crippen molar-refractivity contribution in [3.63, 3.8) is 0 Å². The van der Waals surface area contributed by atoms with E-state index in [1.807, 2.05) is 4.90 Å². The van der Waals surface area contributed by atoms with Gasteiger partial charge in [0.25, 0.3) is 0 Å². The number of aliphatic imine (C=N–C) groups is 1. The molecule has 1 aliphatic heterocycles. The number of hydrogen-bond donors (Lipinski definition) is 1. The number of unbranched alkanes of at least 4 members (excludes halogenated alkanes) is 2. The van der Waals surface area contributed by atoms with Crippen molar-refractivity contribution in [3.8, 4) is 0 Å². The average Bonchev–Trinajstić information content (AvgIpc) is 2.19. The van der Waals surface area contributed by atoms with Crippen molar-refractivity contribution in [2.75, 3.05) is 13.1 Å². The van der Waals surface area contributed by atoms with Crippen molar-refractivity contribution in [1.29, 1.82) is 0 Å². The smallest absolute Gasteiger partial charge is 0.334 e. The van der Waals surface area contributed by atoms with Crippen LogP contribution in [0.5, 0.6) is 0 Å². The van der Waals surface area contributed by atoms with E-state index in [1.165, 1.54) is 19.0 Å². The lowest BCUT2D eigenvalue weighted by molar-refractivity contribution is -0.132. The van der Waals surface area contributed by atoms with E-state index in [0.717, 1.165) is 13.0 Å². The van der Waals surface area contributed by atoms with Crippen LogP contribution >= 0.6 is 0 Å². The van der Waals surface area contributed by atoms with Gasteiger partial charge in [-0.15, -0.1) is 0 Å². The molecule has 14 heavy (non-hydrogen) atoms. The molecule has 0 fully saturated rings. The molecule has 0 amide bonds. The maximum atomic E-state index is 10.7. The lowest BCUT2D eigenvalue weighted by atomic mass is 10.2. The van der Waals surface area contributed by atoms with Crippen LogP contribution in [-0.4, -0.2) is 35.4 Å². The van der Waals surface area contributed by atoms with Gasteiger partial charge in [0.1, 0.15) is 0 Å². The van der Waals surface area contributed by atoms with Crippen LogP contribution in [0.1, 0.15) is 26.2 Å². The molecule has 0 aromatic rings. The summed E-state index contributed by atoms with van der Waals surface area (Å²) in [5.41, 5.74) is 0.365. The summed E-state index contributed by atoms with van der Waals surface area (Å²) in [6.07, 6.45) is 6.57. The van der Waals surface area contributed by atoms with Gasteiger partial charge in [-0.25, -0.2) is 9.79 Å². The summed E-state index contributed by atoms with van der Waals surface area (Å²) in [5.74, 6) is -0.873. The van der Waals surface area contributed by atoms with Crippen molar-refractivity contribution in [1.82, 2.24) is 4.90 Å². The molecule has 0 spiro atoms. The highest BCUT2D eigenvalue weighted by Crippen LogP contribution is 2.06. The fourth-order valence-electron chi connectivity index (χ4n) is 1.34. The standard InChI is InChI=1S/C10H16N2O2/c1-2-3-4-5-12-7-9(10(13)14)6-11-8-12/h6,8H,2-5,7H2,1H3,(H,13,14). The van der Waals surface area contributed by atoms with E-state index in [2.05, 4.69) is 11.9 Å². The van der Waals surface area contributed by atoms with Gasteiger partial charge in [-0.1, -0.05) is 19.8 Å². The molecule has 0 aromatic heterocycles. The first-order valence-corrected chi connectivity index (χ1v) is 4.93. The third kappa shape index (κ3) is 3.20. The molecule has 1 heterocycles. The molecule has 0 atom stereocenters. The van der Waals surface area contributed by atoms with Crippen molar-refractivity contribution in [3.05, 3.63) is 11.8 Å². The Morgan fingerprint density at radius 2 is 2.43 bits per heavy atom. The topological polar surface area (TPSA) is 52.9 Å². The van der Waals surface area contributed by atoms with E-state index in [-0.39, 0.29) is 0 Å². The highest BCUT2D eigenvalue weighted by molar-refractivity contribution is 5.88. The van der Waals surface area contributed by atoms with Crippen molar-refractivity contribution >= 4 is 12.3 Å². The quantitative estimate of drug-likeness (QED) is 0.678. The second kappa shape index (κ2) is 5.42. The molecule has 1 N–H and O–H groups in total. The molecule has 78 valence electrons. The maximum absolute atomic E-state index is 10.7. The Morgan fingerprint density at radius 3 is 3.07 bits per heavy atom. The zero-order valence-electron chi connectivity index (χ0n) is 8.44. The number of carboxylic acids is 1. The normalized spacial score (nSPS) is 15.5. The van der Waals surface area contributed by atoms with Crippen LogP contribution in [0.4, 0.5) is 0 Å². The number of nitrogens with zero attached hydrogens (tertiary/aromatic N) is 2. The van der Waals surface area contributed by atoms with Gasteiger partial charge in [0.2, 0.25) is 0 Å². The van der Waals surface area contributed by atoms with Gasteiger partial charge in [0.05, 0.1) is 18.5 Å². The largest absolute Gasteiger partial charge is 0.478 e. The minimum Gasteiger partial charge on any atom is -0.478 e. The summed E-state index contributed by atoms with van der Waals surface area (Å²) in [5, 5.41) is 8.76. The van der Waals surface area contributed by atoms with Gasteiger partial charge in [0, 0.05) is 12.7 Å². The van der Waals surface area contributed by atoms with E-state index in [9.17, 15) is 4.79 Å². The molecular formula is C10H16N2O2.